The Morgan fingerprint density at radius 3 is 2.43 bits per heavy atom. The first-order chi connectivity index (χ1) is 16.9. The van der Waals surface area contributed by atoms with Gasteiger partial charge in [-0.1, -0.05) is 30.0 Å². The number of benzene rings is 2. The summed E-state index contributed by atoms with van der Waals surface area (Å²) in [4.78, 5) is 33.7. The number of methoxy groups -OCH3 is 1. The molecule has 2 aliphatic heterocycles. The number of amides is 1. The number of anilines is 2. The Bertz CT molecular complexity index is 1530. The lowest BCUT2D eigenvalue weighted by Gasteiger charge is -2.17. The molecule has 3 heterocycles. The van der Waals surface area contributed by atoms with Gasteiger partial charge in [-0.05, 0) is 50.3 Å². The molecule has 0 radical (unpaired) electrons. The first-order valence-corrected chi connectivity index (χ1v) is 13.2. The van der Waals surface area contributed by atoms with E-state index < -0.39 is 0 Å². The molecule has 5 rings (SSSR count). The summed E-state index contributed by atoms with van der Waals surface area (Å²) in [5.41, 5.74) is 2.03. The molecular weight excluding hydrogens is 501 g/mol. The van der Waals surface area contributed by atoms with Crippen LogP contribution in [0.3, 0.4) is 0 Å². The zero-order valence-corrected chi connectivity index (χ0v) is 22.2. The highest BCUT2D eigenvalue weighted by molar-refractivity contribution is 8.08. The van der Waals surface area contributed by atoms with Crippen molar-refractivity contribution >= 4 is 68.4 Å². The van der Waals surface area contributed by atoms with Crippen molar-refractivity contribution in [2.45, 2.75) is 25.3 Å². The number of para-hydroxylation sites is 1. The Balaban J connectivity index is 1.74. The van der Waals surface area contributed by atoms with Gasteiger partial charge in [-0.15, -0.1) is 11.3 Å². The maximum Gasteiger partial charge on any atom is 0.284 e. The van der Waals surface area contributed by atoms with Crippen LogP contribution in [0.25, 0.3) is 10.7 Å². The topological polar surface area (TPSA) is 58.0 Å². The molecule has 1 amide bonds. The molecule has 2 aromatic carbocycles. The maximum atomic E-state index is 13.6. The lowest BCUT2D eigenvalue weighted by Crippen LogP contribution is -2.35. The van der Waals surface area contributed by atoms with Gasteiger partial charge in [-0.25, -0.2) is 0 Å². The van der Waals surface area contributed by atoms with Crippen LogP contribution in [0.15, 0.2) is 58.2 Å². The Labute approximate surface area is 216 Å². The predicted molar refractivity (Wildman–Crippen MR) is 146 cm³/mol. The average molecular weight is 525 g/mol. The van der Waals surface area contributed by atoms with Crippen LogP contribution >= 0.6 is 35.3 Å². The molecule has 35 heavy (non-hydrogen) atoms. The highest BCUT2D eigenvalue weighted by Crippen LogP contribution is 2.47. The second-order valence-corrected chi connectivity index (χ2v) is 10.3. The monoisotopic (exact) mass is 524 g/mol. The van der Waals surface area contributed by atoms with E-state index in [4.69, 9.17) is 17.0 Å². The van der Waals surface area contributed by atoms with Gasteiger partial charge in [0.15, 0.2) is 5.11 Å². The van der Waals surface area contributed by atoms with E-state index >= 15 is 0 Å². The summed E-state index contributed by atoms with van der Waals surface area (Å²) in [6, 6.07) is 15.3. The van der Waals surface area contributed by atoms with Crippen molar-refractivity contribution in [1.82, 2.24) is 9.47 Å². The minimum atomic E-state index is -0.233. The van der Waals surface area contributed by atoms with Crippen molar-refractivity contribution in [2.75, 3.05) is 30.5 Å². The van der Waals surface area contributed by atoms with Gasteiger partial charge < -0.3 is 14.5 Å². The molecule has 3 aromatic rings. The SMILES string of the molecule is CCN1C(=c2sc(=C3C(=O)N(c4ccccc4)C(=S)N3C)n(CC)c2=O)Sc2ccc(OC)cc21. The van der Waals surface area contributed by atoms with Crippen molar-refractivity contribution in [3.05, 3.63) is 68.1 Å². The van der Waals surface area contributed by atoms with E-state index in [0.717, 1.165) is 21.4 Å². The van der Waals surface area contributed by atoms with Gasteiger partial charge >= 0.3 is 0 Å². The number of carbonyl (C=O) groups is 1. The van der Waals surface area contributed by atoms with E-state index in [-0.39, 0.29) is 11.5 Å². The molecule has 0 unspecified atom stereocenters. The molecule has 1 fully saturated rings. The number of thioether (sulfide) groups is 1. The molecule has 10 heteroatoms. The third-order valence-corrected chi connectivity index (χ3v) is 9.00. The molecule has 0 N–H and O–H groups in total. The minimum Gasteiger partial charge on any atom is -0.497 e. The minimum absolute atomic E-state index is 0.106. The Hall–Kier alpha value is -3.08. The summed E-state index contributed by atoms with van der Waals surface area (Å²) in [5.74, 6) is 0.535. The van der Waals surface area contributed by atoms with Gasteiger partial charge in [0, 0.05) is 31.1 Å². The largest absolute Gasteiger partial charge is 0.497 e. The van der Waals surface area contributed by atoms with Gasteiger partial charge in [0.25, 0.3) is 11.5 Å². The second-order valence-electron chi connectivity index (χ2n) is 7.94. The second kappa shape index (κ2) is 9.18. The van der Waals surface area contributed by atoms with E-state index in [1.54, 1.807) is 35.4 Å². The van der Waals surface area contributed by atoms with Crippen LogP contribution in [-0.2, 0) is 11.3 Å². The first-order valence-electron chi connectivity index (χ1n) is 11.2. The third-order valence-electron chi connectivity index (χ3n) is 6.05. The summed E-state index contributed by atoms with van der Waals surface area (Å²) in [7, 11) is 3.42. The molecule has 2 aliphatic rings. The van der Waals surface area contributed by atoms with Crippen molar-refractivity contribution in [2.24, 2.45) is 0 Å². The van der Waals surface area contributed by atoms with Crippen molar-refractivity contribution in [3.63, 3.8) is 0 Å². The van der Waals surface area contributed by atoms with Crippen LogP contribution in [-0.4, -0.2) is 41.2 Å². The standard InChI is InChI=1S/C25H24N4O3S3/c1-5-27-17-14-16(32-4)12-13-18(17)34-24(27)20-22(31)28(6-2)23(35-20)19-21(30)29(25(33)26(19)3)15-10-8-7-9-11-15/h7-14H,5-6H2,1-4H3. The molecular formula is C25H24N4O3S3. The number of carbonyl (C=O) groups excluding carboxylic acids is 1. The molecule has 1 saturated heterocycles. The van der Waals surface area contributed by atoms with Crippen molar-refractivity contribution < 1.29 is 9.53 Å². The number of nitrogens with zero attached hydrogens (tertiary/aromatic N) is 4. The van der Waals surface area contributed by atoms with E-state index in [1.807, 2.05) is 55.5 Å². The smallest absolute Gasteiger partial charge is 0.284 e. The van der Waals surface area contributed by atoms with E-state index in [1.165, 1.54) is 16.2 Å². The zero-order chi connectivity index (χ0) is 24.9. The van der Waals surface area contributed by atoms with Gasteiger partial charge in [0.2, 0.25) is 0 Å². The molecule has 0 spiro atoms. The highest BCUT2D eigenvalue weighted by atomic mass is 32.2. The fraction of sp³-hybridized carbons (Fsp3) is 0.240. The van der Waals surface area contributed by atoms with E-state index in [0.29, 0.717) is 38.8 Å². The fourth-order valence-electron chi connectivity index (χ4n) is 4.30. The number of thiazole rings is 1. The zero-order valence-electron chi connectivity index (χ0n) is 19.8. The van der Waals surface area contributed by atoms with Crippen LogP contribution in [0.4, 0.5) is 11.4 Å². The summed E-state index contributed by atoms with van der Waals surface area (Å²) in [5, 5.41) is 1.26. The van der Waals surface area contributed by atoms with Crippen LogP contribution < -0.4 is 29.3 Å². The lowest BCUT2D eigenvalue weighted by atomic mass is 10.2. The molecule has 1 aromatic heterocycles. The van der Waals surface area contributed by atoms with Gasteiger partial charge in [-0.3, -0.25) is 19.1 Å². The molecule has 7 nitrogen and oxygen atoms in total. The van der Waals surface area contributed by atoms with Crippen molar-refractivity contribution in [1.29, 1.82) is 0 Å². The van der Waals surface area contributed by atoms with Crippen molar-refractivity contribution in [3.8, 4) is 5.75 Å². The summed E-state index contributed by atoms with van der Waals surface area (Å²) < 4.78 is 8.31. The third kappa shape index (κ3) is 3.67. The molecule has 0 aliphatic carbocycles. The normalized spacial score (nSPS) is 18.6. The van der Waals surface area contributed by atoms with Gasteiger partial charge in [0.05, 0.1) is 18.5 Å². The Kier molecular flexibility index (Phi) is 6.20. The van der Waals surface area contributed by atoms with Gasteiger partial charge in [-0.2, -0.15) is 0 Å². The first kappa shape index (κ1) is 23.7. The Morgan fingerprint density at radius 1 is 1.03 bits per heavy atom. The highest BCUT2D eigenvalue weighted by Gasteiger charge is 2.39. The van der Waals surface area contributed by atoms with Crippen LogP contribution in [0.1, 0.15) is 13.8 Å². The number of rotatable bonds is 4. The Morgan fingerprint density at radius 2 is 1.77 bits per heavy atom. The molecule has 0 bridgehead atoms. The quantitative estimate of drug-likeness (QED) is 0.487. The molecule has 0 saturated carbocycles. The summed E-state index contributed by atoms with van der Waals surface area (Å²) >= 11 is 8.55. The number of thiocarbonyl (C=S) groups is 1. The van der Waals surface area contributed by atoms with Crippen LogP contribution in [0.5, 0.6) is 5.75 Å². The van der Waals surface area contributed by atoms with E-state index in [9.17, 15) is 9.59 Å². The summed E-state index contributed by atoms with van der Waals surface area (Å²) in [6.45, 7) is 5.11. The summed E-state index contributed by atoms with van der Waals surface area (Å²) in [6.07, 6.45) is 0. The average Bonchev–Trinajstić information content (AvgIpc) is 3.47. The van der Waals surface area contributed by atoms with E-state index in [2.05, 4.69) is 11.8 Å². The molecule has 180 valence electrons. The van der Waals surface area contributed by atoms with Crippen LogP contribution in [0, 0.1) is 0 Å². The number of hydrogen-bond donors (Lipinski definition) is 0. The lowest BCUT2D eigenvalue weighted by molar-refractivity contribution is -0.112. The molecule has 0 atom stereocenters. The van der Waals surface area contributed by atoms with Gasteiger partial charge in [0.1, 0.15) is 25.7 Å². The number of likely N-dealkylation sites (N-methyl/N-ethyl adjacent to an activating group) is 1. The number of ether oxygens (including phenoxy) is 1. The van der Waals surface area contributed by atoms with Crippen LogP contribution in [0.2, 0.25) is 0 Å². The number of hydrogen-bond acceptors (Lipinski definition) is 7. The maximum absolute atomic E-state index is 13.6. The predicted octanol–water partition coefficient (Wildman–Crippen LogP) is 3.01. The number of fused-ring (bicyclic) bond motifs is 1. The number of aromatic nitrogens is 1. The fourth-order valence-corrected chi connectivity index (χ4v) is 7.20.